The fourth-order valence-corrected chi connectivity index (χ4v) is 3.98. The van der Waals surface area contributed by atoms with E-state index in [1.54, 1.807) is 31.2 Å². The van der Waals surface area contributed by atoms with Crippen LogP contribution in [0.25, 0.3) is 0 Å². The number of hydrogen-bond donors (Lipinski definition) is 2. The summed E-state index contributed by atoms with van der Waals surface area (Å²) in [6.45, 7) is 1.63. The molecule has 0 unspecified atom stereocenters. The number of nitro groups is 1. The number of fused-ring (bicyclic) bond motifs is 2. The Hall–Kier alpha value is -3.26. The molecular weight excluding hydrogens is 338 g/mol. The van der Waals surface area contributed by atoms with E-state index in [1.165, 1.54) is 24.1 Å². The van der Waals surface area contributed by atoms with E-state index in [9.17, 15) is 24.8 Å². The Labute approximate surface area is 148 Å². The van der Waals surface area contributed by atoms with E-state index in [4.69, 9.17) is 0 Å². The maximum atomic E-state index is 13.0. The lowest BCUT2D eigenvalue weighted by Gasteiger charge is -2.27. The molecule has 0 saturated heterocycles. The predicted octanol–water partition coefficient (Wildman–Crippen LogP) is 1.80. The molecule has 2 atom stereocenters. The molecule has 0 bridgehead atoms. The number of amides is 2. The van der Waals surface area contributed by atoms with Crippen LogP contribution < -0.4 is 10.2 Å². The van der Waals surface area contributed by atoms with Gasteiger partial charge in [-0.25, -0.2) is 0 Å². The number of aryl methyl sites for hydroxylation is 1. The zero-order valence-electron chi connectivity index (χ0n) is 14.0. The first-order chi connectivity index (χ1) is 12.3. The van der Waals surface area contributed by atoms with E-state index in [0.29, 0.717) is 22.5 Å². The Morgan fingerprint density at radius 2 is 1.96 bits per heavy atom. The highest BCUT2D eigenvalue weighted by atomic mass is 16.6. The van der Waals surface area contributed by atoms with Gasteiger partial charge in [-0.15, -0.1) is 0 Å². The maximum Gasteiger partial charge on any atom is 0.270 e. The van der Waals surface area contributed by atoms with Crippen LogP contribution in [0.15, 0.2) is 36.4 Å². The number of anilines is 2. The number of carbonyl (C=O) groups excluding carboxylic acids is 2. The third-order valence-electron chi connectivity index (χ3n) is 5.08. The highest BCUT2D eigenvalue weighted by molar-refractivity contribution is 6.15. The number of nitrogens with one attached hydrogen (secondary N) is 1. The van der Waals surface area contributed by atoms with Crippen molar-refractivity contribution in [3.8, 4) is 0 Å². The van der Waals surface area contributed by atoms with Crippen molar-refractivity contribution in [3.05, 3.63) is 63.2 Å². The summed E-state index contributed by atoms with van der Waals surface area (Å²) < 4.78 is 0. The smallest absolute Gasteiger partial charge is 0.270 e. The number of nitro benzene ring substituents is 1. The van der Waals surface area contributed by atoms with E-state index < -0.39 is 28.3 Å². The van der Waals surface area contributed by atoms with Crippen molar-refractivity contribution in [2.24, 2.45) is 0 Å². The van der Waals surface area contributed by atoms with Crippen LogP contribution in [0, 0.1) is 17.0 Å². The first-order valence-corrected chi connectivity index (χ1v) is 7.96. The molecule has 26 heavy (non-hydrogen) atoms. The lowest BCUT2D eigenvalue weighted by atomic mass is 9.78. The summed E-state index contributed by atoms with van der Waals surface area (Å²) in [6.07, 6.45) is 0. The molecule has 2 aliphatic rings. The predicted molar refractivity (Wildman–Crippen MR) is 93.0 cm³/mol. The average molecular weight is 353 g/mol. The van der Waals surface area contributed by atoms with Gasteiger partial charge in [0, 0.05) is 30.4 Å². The Bertz CT molecular complexity index is 1000. The Morgan fingerprint density at radius 1 is 1.27 bits per heavy atom. The van der Waals surface area contributed by atoms with Crippen LogP contribution in [0.4, 0.5) is 17.1 Å². The summed E-state index contributed by atoms with van der Waals surface area (Å²) in [5.74, 6) is -2.39. The molecule has 8 heteroatoms. The van der Waals surface area contributed by atoms with Crippen molar-refractivity contribution in [2.45, 2.75) is 18.4 Å². The summed E-state index contributed by atoms with van der Waals surface area (Å²) in [6, 6.07) is 9.30. The minimum atomic E-state index is -2.21. The summed E-state index contributed by atoms with van der Waals surface area (Å²) in [5, 5.41) is 25.4. The van der Waals surface area contributed by atoms with Crippen LogP contribution >= 0.6 is 0 Å². The number of rotatable bonds is 2. The van der Waals surface area contributed by atoms with E-state index >= 15 is 0 Å². The summed E-state index contributed by atoms with van der Waals surface area (Å²) in [5.41, 5.74) is -0.505. The lowest BCUT2D eigenvalue weighted by Crippen LogP contribution is -2.45. The summed E-state index contributed by atoms with van der Waals surface area (Å²) in [4.78, 5) is 37.5. The number of hydrogen-bond acceptors (Lipinski definition) is 5. The van der Waals surface area contributed by atoms with Gasteiger partial charge in [-0.1, -0.05) is 18.2 Å². The Morgan fingerprint density at radius 3 is 2.65 bits per heavy atom. The number of para-hydroxylation sites is 1. The van der Waals surface area contributed by atoms with Crippen LogP contribution in [0.2, 0.25) is 0 Å². The van der Waals surface area contributed by atoms with Crippen molar-refractivity contribution in [1.29, 1.82) is 0 Å². The molecule has 0 radical (unpaired) electrons. The van der Waals surface area contributed by atoms with Crippen molar-refractivity contribution in [2.75, 3.05) is 17.3 Å². The molecule has 2 aromatic rings. The van der Waals surface area contributed by atoms with Gasteiger partial charge in [0.25, 0.3) is 11.6 Å². The van der Waals surface area contributed by atoms with Crippen molar-refractivity contribution in [1.82, 2.24) is 0 Å². The highest BCUT2D eigenvalue weighted by Gasteiger charge is 2.59. The van der Waals surface area contributed by atoms with Gasteiger partial charge in [0.05, 0.1) is 10.6 Å². The van der Waals surface area contributed by atoms with Crippen LogP contribution in [0.1, 0.15) is 22.6 Å². The third kappa shape index (κ3) is 1.87. The fraction of sp³-hybridized carbons (Fsp3) is 0.222. The molecule has 0 fully saturated rings. The number of likely N-dealkylation sites (N-methyl/N-ethyl adjacent to an activating group) is 1. The van der Waals surface area contributed by atoms with Gasteiger partial charge in [-0.3, -0.25) is 19.7 Å². The second kappa shape index (κ2) is 5.12. The molecule has 0 aliphatic carbocycles. The van der Waals surface area contributed by atoms with Gasteiger partial charge in [0.2, 0.25) is 5.91 Å². The van der Waals surface area contributed by atoms with Crippen molar-refractivity contribution >= 4 is 28.9 Å². The molecule has 0 spiro atoms. The van der Waals surface area contributed by atoms with E-state index in [2.05, 4.69) is 5.32 Å². The van der Waals surface area contributed by atoms with Crippen LogP contribution in [0.3, 0.4) is 0 Å². The van der Waals surface area contributed by atoms with Gasteiger partial charge in [0.15, 0.2) is 5.60 Å². The normalized spacial score (nSPS) is 23.7. The zero-order valence-corrected chi connectivity index (χ0v) is 14.0. The Kier molecular flexibility index (Phi) is 3.19. The molecular formula is C18H15N3O5. The number of nitrogens with zero attached hydrogens (tertiary/aromatic N) is 2. The number of carbonyl (C=O) groups is 2. The van der Waals surface area contributed by atoms with Gasteiger partial charge < -0.3 is 15.3 Å². The molecule has 132 valence electrons. The molecule has 0 aromatic heterocycles. The molecule has 2 aliphatic heterocycles. The SMILES string of the molecule is Cc1cc([N+](=O)[O-])cc2c1N(C)C(=O)[C@@]2(O)[C@@H]1C(=O)Nc2ccccc21. The largest absolute Gasteiger partial charge is 0.374 e. The van der Waals surface area contributed by atoms with Crippen molar-refractivity contribution < 1.29 is 19.6 Å². The standard InChI is InChI=1S/C18H15N3O5/c1-9-7-10(21(25)26)8-12-15(9)20(2)17(23)18(12,24)14-11-5-3-4-6-13(11)19-16(14)22/h3-8,14,24H,1-2H3,(H,19,22)/t14-,18-/m0/s1. The van der Waals surface area contributed by atoms with Crippen LogP contribution in [-0.4, -0.2) is 28.9 Å². The van der Waals surface area contributed by atoms with Crippen LogP contribution in [-0.2, 0) is 15.2 Å². The third-order valence-corrected chi connectivity index (χ3v) is 5.08. The van der Waals surface area contributed by atoms with E-state index in [-0.39, 0.29) is 11.3 Å². The number of aliphatic hydroxyl groups is 1. The van der Waals surface area contributed by atoms with Crippen molar-refractivity contribution in [3.63, 3.8) is 0 Å². The van der Waals surface area contributed by atoms with Gasteiger partial charge >= 0.3 is 0 Å². The van der Waals surface area contributed by atoms with Gasteiger partial charge in [-0.2, -0.15) is 0 Å². The van der Waals surface area contributed by atoms with Gasteiger partial charge in [-0.05, 0) is 24.1 Å². The second-order valence-corrected chi connectivity index (χ2v) is 6.56. The average Bonchev–Trinajstić information content (AvgIpc) is 3.03. The number of benzene rings is 2. The van der Waals surface area contributed by atoms with E-state index in [0.717, 1.165) is 0 Å². The Balaban J connectivity index is 2.00. The molecule has 2 aromatic carbocycles. The number of non-ortho nitro benzene ring substituents is 1. The van der Waals surface area contributed by atoms with E-state index in [1.807, 2.05) is 0 Å². The first-order valence-electron chi connectivity index (χ1n) is 7.96. The minimum Gasteiger partial charge on any atom is -0.374 e. The summed E-state index contributed by atoms with van der Waals surface area (Å²) in [7, 11) is 1.48. The highest BCUT2D eigenvalue weighted by Crippen LogP contribution is 2.53. The molecule has 8 nitrogen and oxygen atoms in total. The molecule has 2 heterocycles. The zero-order chi connectivity index (χ0) is 18.8. The maximum absolute atomic E-state index is 13.0. The molecule has 2 N–H and O–H groups in total. The van der Waals surface area contributed by atoms with Gasteiger partial charge in [0.1, 0.15) is 5.92 Å². The second-order valence-electron chi connectivity index (χ2n) is 6.56. The molecule has 4 rings (SSSR count). The fourth-order valence-electron chi connectivity index (χ4n) is 3.98. The minimum absolute atomic E-state index is 0.0774. The summed E-state index contributed by atoms with van der Waals surface area (Å²) >= 11 is 0. The quantitative estimate of drug-likeness (QED) is 0.631. The molecule has 2 amide bonds. The van der Waals surface area contributed by atoms with Crippen LogP contribution in [0.5, 0.6) is 0 Å². The monoisotopic (exact) mass is 353 g/mol. The first kappa shape index (κ1) is 16.2. The molecule has 0 saturated carbocycles. The lowest BCUT2D eigenvalue weighted by molar-refractivity contribution is -0.385. The topological polar surface area (TPSA) is 113 Å².